The lowest BCUT2D eigenvalue weighted by Crippen LogP contribution is -2.31. The lowest BCUT2D eigenvalue weighted by atomic mass is 10.1. The van der Waals surface area contributed by atoms with Crippen LogP contribution in [-0.2, 0) is 4.79 Å². The first-order valence-electron chi connectivity index (χ1n) is 6.04. The average Bonchev–Trinajstić information content (AvgIpc) is 2.35. The zero-order chi connectivity index (χ0) is 15.3. The lowest BCUT2D eigenvalue weighted by Gasteiger charge is -2.11. The molecule has 2 amide bonds. The molecule has 1 aromatic rings. The third-order valence-corrected chi connectivity index (χ3v) is 3.84. The van der Waals surface area contributed by atoms with Gasteiger partial charge in [-0.2, -0.15) is 0 Å². The molecule has 0 heterocycles. The van der Waals surface area contributed by atoms with Gasteiger partial charge in [-0.05, 0) is 47.0 Å². The molecule has 1 atom stereocenters. The summed E-state index contributed by atoms with van der Waals surface area (Å²) in [5, 5.41) is 14.5. The van der Waals surface area contributed by atoms with Gasteiger partial charge in [0.05, 0.1) is 11.6 Å². The van der Waals surface area contributed by atoms with Crippen molar-refractivity contribution in [2.75, 3.05) is 11.9 Å². The molecule has 110 valence electrons. The molecule has 0 aliphatic heterocycles. The predicted octanol–water partition coefficient (Wildman–Crippen LogP) is 3.64. The molecule has 0 fully saturated rings. The minimum Gasteiger partial charge on any atom is -0.481 e. The largest absolute Gasteiger partial charge is 0.481 e. The Labute approximate surface area is 130 Å². The minimum atomic E-state index is -0.875. The number of carboxylic acids is 1. The molecule has 0 aliphatic carbocycles. The molecule has 7 heteroatoms. The first-order valence-corrected chi connectivity index (χ1v) is 7.21. The van der Waals surface area contributed by atoms with Gasteiger partial charge in [0.25, 0.3) is 0 Å². The number of aliphatic carboxylic acids is 1. The number of nitrogens with one attached hydrogen (secondary N) is 2. The smallest absolute Gasteiger partial charge is 0.319 e. The van der Waals surface area contributed by atoms with Gasteiger partial charge in [0.15, 0.2) is 0 Å². The van der Waals surface area contributed by atoms with Crippen molar-refractivity contribution in [3.05, 3.63) is 27.2 Å². The average molecular weight is 364 g/mol. The van der Waals surface area contributed by atoms with Gasteiger partial charge in [-0.1, -0.05) is 18.5 Å². The van der Waals surface area contributed by atoms with Gasteiger partial charge in [-0.15, -0.1) is 0 Å². The third kappa shape index (κ3) is 5.02. The molecular formula is C13H16BrClN2O3. The summed E-state index contributed by atoms with van der Waals surface area (Å²) in [4.78, 5) is 22.3. The number of benzene rings is 1. The minimum absolute atomic E-state index is 0.288. The Morgan fingerprint density at radius 3 is 2.70 bits per heavy atom. The van der Waals surface area contributed by atoms with Gasteiger partial charge in [0, 0.05) is 16.0 Å². The number of hydrogen-bond acceptors (Lipinski definition) is 2. The second kappa shape index (κ2) is 7.50. The molecule has 0 saturated heterocycles. The SMILES string of the molecule is Cc1cc(Br)c(NC(=O)NCCC(C)C(=O)O)cc1Cl. The van der Waals surface area contributed by atoms with Crippen LogP contribution in [-0.4, -0.2) is 23.7 Å². The Morgan fingerprint density at radius 2 is 2.10 bits per heavy atom. The van der Waals surface area contributed by atoms with E-state index in [1.165, 1.54) is 0 Å². The summed E-state index contributed by atoms with van der Waals surface area (Å²) in [6.45, 7) is 3.75. The topological polar surface area (TPSA) is 78.4 Å². The van der Waals surface area contributed by atoms with Crippen LogP contribution in [0.25, 0.3) is 0 Å². The van der Waals surface area contributed by atoms with E-state index < -0.39 is 17.9 Å². The normalized spacial score (nSPS) is 11.8. The van der Waals surface area contributed by atoms with E-state index in [0.717, 1.165) is 10.0 Å². The second-order valence-electron chi connectivity index (χ2n) is 4.49. The maximum Gasteiger partial charge on any atom is 0.319 e. The number of carbonyl (C=O) groups excluding carboxylic acids is 1. The summed E-state index contributed by atoms with van der Waals surface area (Å²) >= 11 is 9.33. The van der Waals surface area contributed by atoms with Crippen LogP contribution in [0.1, 0.15) is 18.9 Å². The maximum absolute atomic E-state index is 11.7. The molecule has 0 bridgehead atoms. The second-order valence-corrected chi connectivity index (χ2v) is 5.75. The fraction of sp³-hybridized carbons (Fsp3) is 0.385. The Balaban J connectivity index is 2.51. The van der Waals surface area contributed by atoms with Crippen LogP contribution in [0.15, 0.2) is 16.6 Å². The molecule has 1 unspecified atom stereocenters. The summed E-state index contributed by atoms with van der Waals surface area (Å²) in [6, 6.07) is 3.06. The molecule has 0 saturated carbocycles. The summed E-state index contributed by atoms with van der Waals surface area (Å²) in [5.74, 6) is -1.36. The van der Waals surface area contributed by atoms with Gasteiger partial charge in [0.1, 0.15) is 0 Å². The van der Waals surface area contributed by atoms with Crippen molar-refractivity contribution in [1.82, 2.24) is 5.32 Å². The summed E-state index contributed by atoms with van der Waals surface area (Å²) in [7, 11) is 0. The number of amides is 2. The highest BCUT2D eigenvalue weighted by Gasteiger charge is 2.12. The number of carbonyl (C=O) groups is 2. The van der Waals surface area contributed by atoms with Gasteiger partial charge in [0.2, 0.25) is 0 Å². The Morgan fingerprint density at radius 1 is 1.45 bits per heavy atom. The Kier molecular flexibility index (Phi) is 6.29. The maximum atomic E-state index is 11.7. The quantitative estimate of drug-likeness (QED) is 0.747. The van der Waals surface area contributed by atoms with Crippen molar-refractivity contribution in [3.63, 3.8) is 0 Å². The van der Waals surface area contributed by atoms with E-state index in [1.807, 2.05) is 13.0 Å². The lowest BCUT2D eigenvalue weighted by molar-refractivity contribution is -0.141. The van der Waals surface area contributed by atoms with E-state index in [9.17, 15) is 9.59 Å². The monoisotopic (exact) mass is 362 g/mol. The van der Waals surface area contributed by atoms with E-state index in [0.29, 0.717) is 17.1 Å². The van der Waals surface area contributed by atoms with E-state index >= 15 is 0 Å². The van der Waals surface area contributed by atoms with Gasteiger partial charge in [-0.3, -0.25) is 4.79 Å². The Bertz CT molecular complexity index is 523. The van der Waals surface area contributed by atoms with Crippen LogP contribution < -0.4 is 10.6 Å². The van der Waals surface area contributed by atoms with Crippen molar-refractivity contribution < 1.29 is 14.7 Å². The highest BCUT2D eigenvalue weighted by Crippen LogP contribution is 2.28. The molecule has 0 aromatic heterocycles. The molecule has 1 rings (SSSR count). The summed E-state index contributed by atoms with van der Waals surface area (Å²) in [6.07, 6.45) is 0.374. The van der Waals surface area contributed by atoms with E-state index in [1.54, 1.807) is 13.0 Å². The fourth-order valence-corrected chi connectivity index (χ4v) is 2.15. The van der Waals surface area contributed by atoms with Crippen molar-refractivity contribution in [2.24, 2.45) is 5.92 Å². The molecular weight excluding hydrogens is 348 g/mol. The highest BCUT2D eigenvalue weighted by atomic mass is 79.9. The van der Waals surface area contributed by atoms with Crippen molar-refractivity contribution in [1.29, 1.82) is 0 Å². The summed E-state index contributed by atoms with van der Waals surface area (Å²) < 4.78 is 0.730. The van der Waals surface area contributed by atoms with Crippen LogP contribution in [0.3, 0.4) is 0 Å². The number of anilines is 1. The molecule has 0 aliphatic rings. The molecule has 0 spiro atoms. The van der Waals surface area contributed by atoms with E-state index in [2.05, 4.69) is 26.6 Å². The number of halogens is 2. The number of urea groups is 1. The molecule has 0 radical (unpaired) electrons. The van der Waals surface area contributed by atoms with Crippen LogP contribution in [0.4, 0.5) is 10.5 Å². The van der Waals surface area contributed by atoms with Crippen LogP contribution >= 0.6 is 27.5 Å². The third-order valence-electron chi connectivity index (χ3n) is 2.78. The first-order chi connectivity index (χ1) is 9.31. The van der Waals surface area contributed by atoms with Crippen LogP contribution in [0.2, 0.25) is 5.02 Å². The predicted molar refractivity (Wildman–Crippen MR) is 82.3 cm³/mol. The number of carboxylic acid groups (broad SMARTS) is 1. The molecule has 5 nitrogen and oxygen atoms in total. The zero-order valence-corrected chi connectivity index (χ0v) is 13.5. The summed E-state index contributed by atoms with van der Waals surface area (Å²) in [5.41, 5.74) is 1.46. The standard InChI is InChI=1S/C13H16BrClN2O3/c1-7(12(18)19)3-4-16-13(20)17-11-6-10(15)8(2)5-9(11)14/h5-7H,3-4H2,1-2H3,(H,18,19)(H2,16,17,20). The van der Waals surface area contributed by atoms with Gasteiger partial charge < -0.3 is 15.7 Å². The van der Waals surface area contributed by atoms with Crippen molar-refractivity contribution in [3.8, 4) is 0 Å². The number of rotatable bonds is 5. The Hall–Kier alpha value is -1.27. The van der Waals surface area contributed by atoms with Crippen LogP contribution in [0, 0.1) is 12.8 Å². The molecule has 20 heavy (non-hydrogen) atoms. The first kappa shape index (κ1) is 16.8. The van der Waals surface area contributed by atoms with E-state index in [4.69, 9.17) is 16.7 Å². The number of hydrogen-bond donors (Lipinski definition) is 3. The molecule has 1 aromatic carbocycles. The van der Waals surface area contributed by atoms with Crippen LogP contribution in [0.5, 0.6) is 0 Å². The van der Waals surface area contributed by atoms with E-state index in [-0.39, 0.29) is 6.54 Å². The van der Waals surface area contributed by atoms with Crippen molar-refractivity contribution >= 4 is 45.2 Å². The number of aryl methyl sites for hydroxylation is 1. The highest BCUT2D eigenvalue weighted by molar-refractivity contribution is 9.10. The van der Waals surface area contributed by atoms with Gasteiger partial charge in [-0.25, -0.2) is 4.79 Å². The van der Waals surface area contributed by atoms with Gasteiger partial charge >= 0.3 is 12.0 Å². The van der Waals surface area contributed by atoms with Crippen molar-refractivity contribution in [2.45, 2.75) is 20.3 Å². The fourth-order valence-electron chi connectivity index (χ4n) is 1.43. The molecule has 3 N–H and O–H groups in total. The zero-order valence-electron chi connectivity index (χ0n) is 11.2.